The molecule has 0 fully saturated rings. The standard InChI is InChI=1S/C16H17N3O3/c1-19(14-8-7-13-15(18-14)22-10-21-13)16(20)12(17)9-11-5-3-2-4-6-11/h2-8,12H,9-10,17H2,1H3/t12-/m0/s1. The number of hydrogen-bond acceptors (Lipinski definition) is 5. The highest BCUT2D eigenvalue weighted by Crippen LogP contribution is 2.31. The van der Waals surface area contributed by atoms with Crippen molar-refractivity contribution in [3.05, 3.63) is 48.0 Å². The molecular weight excluding hydrogens is 282 g/mol. The summed E-state index contributed by atoms with van der Waals surface area (Å²) in [7, 11) is 1.65. The van der Waals surface area contributed by atoms with Gasteiger partial charge in [0, 0.05) is 7.05 Å². The van der Waals surface area contributed by atoms with Gasteiger partial charge in [-0.3, -0.25) is 9.69 Å². The zero-order valence-electron chi connectivity index (χ0n) is 12.2. The Morgan fingerprint density at radius 1 is 1.27 bits per heavy atom. The first-order valence-electron chi connectivity index (χ1n) is 6.99. The molecule has 1 aliphatic heterocycles. The Balaban J connectivity index is 1.71. The lowest BCUT2D eigenvalue weighted by Gasteiger charge is -2.20. The van der Waals surface area contributed by atoms with Crippen LogP contribution in [0.2, 0.25) is 0 Å². The number of hydrogen-bond donors (Lipinski definition) is 1. The van der Waals surface area contributed by atoms with E-state index in [0.29, 0.717) is 23.9 Å². The van der Waals surface area contributed by atoms with E-state index in [1.54, 1.807) is 19.2 Å². The van der Waals surface area contributed by atoms with E-state index in [2.05, 4.69) is 4.98 Å². The maximum absolute atomic E-state index is 12.4. The van der Waals surface area contributed by atoms with Crippen molar-refractivity contribution in [1.82, 2.24) is 4.98 Å². The van der Waals surface area contributed by atoms with E-state index >= 15 is 0 Å². The molecule has 6 heteroatoms. The highest BCUT2D eigenvalue weighted by molar-refractivity contribution is 5.96. The summed E-state index contributed by atoms with van der Waals surface area (Å²) in [5, 5.41) is 0. The van der Waals surface area contributed by atoms with E-state index in [0.717, 1.165) is 5.56 Å². The van der Waals surface area contributed by atoms with Crippen molar-refractivity contribution >= 4 is 11.7 Å². The van der Waals surface area contributed by atoms with Gasteiger partial charge in [0.1, 0.15) is 5.82 Å². The number of rotatable bonds is 4. The third-order valence-electron chi connectivity index (χ3n) is 3.51. The summed E-state index contributed by atoms with van der Waals surface area (Å²) in [5.41, 5.74) is 7.05. The van der Waals surface area contributed by atoms with E-state index in [1.807, 2.05) is 30.3 Å². The van der Waals surface area contributed by atoms with Crippen molar-refractivity contribution in [2.75, 3.05) is 18.7 Å². The van der Waals surface area contributed by atoms with Gasteiger partial charge in [0.25, 0.3) is 5.88 Å². The van der Waals surface area contributed by atoms with Gasteiger partial charge >= 0.3 is 0 Å². The summed E-state index contributed by atoms with van der Waals surface area (Å²) < 4.78 is 10.4. The summed E-state index contributed by atoms with van der Waals surface area (Å²) in [6.45, 7) is 0.150. The van der Waals surface area contributed by atoms with Gasteiger partial charge in [-0.2, -0.15) is 4.98 Å². The van der Waals surface area contributed by atoms with Crippen molar-refractivity contribution in [3.63, 3.8) is 0 Å². The Morgan fingerprint density at radius 3 is 2.82 bits per heavy atom. The number of anilines is 1. The molecule has 1 aromatic carbocycles. The molecule has 2 aromatic rings. The smallest absolute Gasteiger partial charge is 0.262 e. The monoisotopic (exact) mass is 299 g/mol. The van der Waals surface area contributed by atoms with Gasteiger partial charge in [0.15, 0.2) is 5.75 Å². The zero-order chi connectivity index (χ0) is 15.5. The summed E-state index contributed by atoms with van der Waals surface area (Å²) in [5.74, 6) is 1.26. The third-order valence-corrected chi connectivity index (χ3v) is 3.51. The van der Waals surface area contributed by atoms with Crippen LogP contribution in [0, 0.1) is 0 Å². The highest BCUT2D eigenvalue weighted by atomic mass is 16.7. The number of carbonyl (C=O) groups is 1. The average Bonchev–Trinajstić information content (AvgIpc) is 3.02. The molecule has 6 nitrogen and oxygen atoms in total. The maximum Gasteiger partial charge on any atom is 0.262 e. The molecule has 1 atom stereocenters. The number of carbonyl (C=O) groups excluding carboxylic acids is 1. The quantitative estimate of drug-likeness (QED) is 0.922. The van der Waals surface area contributed by atoms with E-state index in [-0.39, 0.29) is 12.7 Å². The van der Waals surface area contributed by atoms with Crippen molar-refractivity contribution < 1.29 is 14.3 Å². The predicted molar refractivity (Wildman–Crippen MR) is 81.9 cm³/mol. The summed E-state index contributed by atoms with van der Waals surface area (Å²) in [6, 6.07) is 12.5. The van der Waals surface area contributed by atoms with Crippen LogP contribution >= 0.6 is 0 Å². The van der Waals surface area contributed by atoms with Crippen LogP contribution in [0.1, 0.15) is 5.56 Å². The molecule has 1 amide bonds. The number of benzene rings is 1. The summed E-state index contributed by atoms with van der Waals surface area (Å²) >= 11 is 0. The SMILES string of the molecule is CN(C(=O)[C@@H](N)Cc1ccccc1)c1ccc2c(n1)OCO2. The van der Waals surface area contributed by atoms with Crippen molar-refractivity contribution in [2.45, 2.75) is 12.5 Å². The minimum absolute atomic E-state index is 0.150. The largest absolute Gasteiger partial charge is 0.452 e. The molecule has 2 N–H and O–H groups in total. The first kappa shape index (κ1) is 14.3. The number of aromatic nitrogens is 1. The van der Waals surface area contributed by atoms with Crippen molar-refractivity contribution in [1.29, 1.82) is 0 Å². The first-order chi connectivity index (χ1) is 10.6. The lowest BCUT2D eigenvalue weighted by atomic mass is 10.1. The third kappa shape index (κ3) is 2.87. The molecule has 1 aliphatic rings. The van der Waals surface area contributed by atoms with Crippen LogP contribution in [-0.2, 0) is 11.2 Å². The highest BCUT2D eigenvalue weighted by Gasteiger charge is 2.23. The molecule has 0 spiro atoms. The van der Waals surface area contributed by atoms with Gasteiger partial charge in [-0.15, -0.1) is 0 Å². The minimum Gasteiger partial charge on any atom is -0.452 e. The molecule has 114 valence electrons. The second-order valence-electron chi connectivity index (χ2n) is 5.07. The van der Waals surface area contributed by atoms with Gasteiger partial charge in [-0.05, 0) is 24.1 Å². The molecule has 0 saturated carbocycles. The zero-order valence-corrected chi connectivity index (χ0v) is 12.2. The van der Waals surface area contributed by atoms with E-state index in [4.69, 9.17) is 15.2 Å². The van der Waals surface area contributed by atoms with Crippen LogP contribution in [-0.4, -0.2) is 30.8 Å². The molecule has 0 bridgehead atoms. The molecular formula is C16H17N3O3. The average molecular weight is 299 g/mol. The van der Waals surface area contributed by atoms with Crippen molar-refractivity contribution in [3.8, 4) is 11.6 Å². The number of pyridine rings is 1. The fraction of sp³-hybridized carbons (Fsp3) is 0.250. The topological polar surface area (TPSA) is 77.7 Å². The summed E-state index contributed by atoms with van der Waals surface area (Å²) in [6.07, 6.45) is 0.481. The number of fused-ring (bicyclic) bond motifs is 1. The van der Waals surface area contributed by atoms with Gasteiger partial charge in [-0.25, -0.2) is 0 Å². The van der Waals surface area contributed by atoms with Gasteiger partial charge in [-0.1, -0.05) is 30.3 Å². The first-order valence-corrected chi connectivity index (χ1v) is 6.99. The Hall–Kier alpha value is -2.60. The lowest BCUT2D eigenvalue weighted by molar-refractivity contribution is -0.119. The molecule has 0 aliphatic carbocycles. The fourth-order valence-corrected chi connectivity index (χ4v) is 2.28. The predicted octanol–water partition coefficient (Wildman–Crippen LogP) is 1.34. The maximum atomic E-state index is 12.4. The molecule has 3 rings (SSSR count). The number of nitrogens with two attached hydrogens (primary N) is 1. The molecule has 0 radical (unpaired) electrons. The van der Waals surface area contributed by atoms with E-state index < -0.39 is 6.04 Å². The molecule has 22 heavy (non-hydrogen) atoms. The Labute approximate surface area is 128 Å². The fourth-order valence-electron chi connectivity index (χ4n) is 2.28. The lowest BCUT2D eigenvalue weighted by Crippen LogP contribution is -2.43. The second-order valence-corrected chi connectivity index (χ2v) is 5.07. The van der Waals surface area contributed by atoms with Crippen LogP contribution in [0.15, 0.2) is 42.5 Å². The Bertz CT molecular complexity index is 676. The van der Waals surface area contributed by atoms with Crippen LogP contribution in [0.25, 0.3) is 0 Å². The number of ether oxygens (including phenoxy) is 2. The number of likely N-dealkylation sites (N-methyl/N-ethyl adjacent to an activating group) is 1. The minimum atomic E-state index is -0.625. The molecule has 2 heterocycles. The van der Waals surface area contributed by atoms with Crippen LogP contribution in [0.3, 0.4) is 0 Å². The normalized spacial score (nSPS) is 13.7. The number of amides is 1. The Morgan fingerprint density at radius 2 is 2.05 bits per heavy atom. The molecule has 1 aromatic heterocycles. The van der Waals surface area contributed by atoms with Crippen LogP contribution in [0.4, 0.5) is 5.82 Å². The molecule has 0 saturated heterocycles. The molecule has 0 unspecified atom stereocenters. The van der Waals surface area contributed by atoms with E-state index in [9.17, 15) is 4.79 Å². The van der Waals surface area contributed by atoms with Gasteiger partial charge < -0.3 is 15.2 Å². The van der Waals surface area contributed by atoms with Crippen LogP contribution in [0.5, 0.6) is 11.6 Å². The van der Waals surface area contributed by atoms with Gasteiger partial charge in [0.05, 0.1) is 6.04 Å². The summed E-state index contributed by atoms with van der Waals surface area (Å²) in [4.78, 5) is 18.1. The van der Waals surface area contributed by atoms with Gasteiger partial charge in [0.2, 0.25) is 12.7 Å². The second kappa shape index (κ2) is 6.03. The number of nitrogens with zero attached hydrogens (tertiary/aromatic N) is 2. The van der Waals surface area contributed by atoms with Crippen LogP contribution < -0.4 is 20.1 Å². The van der Waals surface area contributed by atoms with E-state index in [1.165, 1.54) is 4.90 Å². The van der Waals surface area contributed by atoms with Crippen molar-refractivity contribution in [2.24, 2.45) is 5.73 Å². The Kier molecular flexibility index (Phi) is 3.93.